The first-order valence-electron chi connectivity index (χ1n) is 8.82. The van der Waals surface area contributed by atoms with Crippen molar-refractivity contribution in [1.82, 2.24) is 4.98 Å². The number of nitrogens with one attached hydrogen (secondary N) is 2. The van der Waals surface area contributed by atoms with Crippen molar-refractivity contribution in [3.63, 3.8) is 0 Å². The SMILES string of the molecule is O=C(Nc1ccc2c(c1)OCO2)c1cncc(NCCc2ccccc2F)c1. The van der Waals surface area contributed by atoms with E-state index in [1.54, 1.807) is 48.7 Å². The van der Waals surface area contributed by atoms with E-state index in [9.17, 15) is 9.18 Å². The number of nitrogens with zero attached hydrogens (tertiary/aromatic N) is 1. The molecule has 0 saturated carbocycles. The van der Waals surface area contributed by atoms with Gasteiger partial charge in [0.25, 0.3) is 5.91 Å². The first-order valence-corrected chi connectivity index (χ1v) is 8.82. The molecule has 0 saturated heterocycles. The predicted molar refractivity (Wildman–Crippen MR) is 103 cm³/mol. The van der Waals surface area contributed by atoms with Crippen LogP contribution in [0, 0.1) is 5.82 Å². The number of carbonyl (C=O) groups is 1. The number of pyridine rings is 1. The van der Waals surface area contributed by atoms with Gasteiger partial charge >= 0.3 is 0 Å². The Morgan fingerprint density at radius 2 is 1.89 bits per heavy atom. The molecule has 6 nitrogen and oxygen atoms in total. The molecule has 0 atom stereocenters. The van der Waals surface area contributed by atoms with E-state index in [0.29, 0.717) is 47.0 Å². The zero-order valence-corrected chi connectivity index (χ0v) is 14.9. The molecular weight excluding hydrogens is 361 g/mol. The van der Waals surface area contributed by atoms with E-state index in [4.69, 9.17) is 9.47 Å². The Kier molecular flexibility index (Phi) is 5.05. The highest BCUT2D eigenvalue weighted by molar-refractivity contribution is 6.04. The van der Waals surface area contributed by atoms with Gasteiger partial charge in [-0.3, -0.25) is 9.78 Å². The largest absolute Gasteiger partial charge is 0.454 e. The fourth-order valence-corrected chi connectivity index (χ4v) is 2.88. The number of rotatable bonds is 6. The molecule has 2 aromatic carbocycles. The smallest absolute Gasteiger partial charge is 0.257 e. The number of ether oxygens (including phenoxy) is 2. The molecule has 28 heavy (non-hydrogen) atoms. The number of benzene rings is 2. The summed E-state index contributed by atoms with van der Waals surface area (Å²) in [6.07, 6.45) is 3.64. The average molecular weight is 379 g/mol. The molecule has 1 amide bonds. The van der Waals surface area contributed by atoms with Gasteiger partial charge in [0.2, 0.25) is 6.79 Å². The van der Waals surface area contributed by atoms with Crippen molar-refractivity contribution >= 4 is 17.3 Å². The van der Waals surface area contributed by atoms with E-state index < -0.39 is 0 Å². The molecule has 1 aliphatic heterocycles. The highest BCUT2D eigenvalue weighted by Gasteiger charge is 2.15. The van der Waals surface area contributed by atoms with E-state index in [0.717, 1.165) is 0 Å². The second-order valence-corrected chi connectivity index (χ2v) is 6.25. The van der Waals surface area contributed by atoms with Gasteiger partial charge in [0.05, 0.1) is 11.3 Å². The maximum Gasteiger partial charge on any atom is 0.257 e. The molecule has 7 heteroatoms. The van der Waals surface area contributed by atoms with Crippen molar-refractivity contribution in [3.8, 4) is 11.5 Å². The Bertz CT molecular complexity index is 1010. The number of halogens is 1. The Morgan fingerprint density at radius 3 is 2.79 bits per heavy atom. The lowest BCUT2D eigenvalue weighted by atomic mass is 10.1. The highest BCUT2D eigenvalue weighted by atomic mass is 19.1. The molecule has 142 valence electrons. The van der Waals surface area contributed by atoms with Crippen molar-refractivity contribution in [3.05, 3.63) is 77.9 Å². The zero-order valence-electron chi connectivity index (χ0n) is 14.9. The molecule has 4 rings (SSSR count). The number of anilines is 2. The Morgan fingerprint density at radius 1 is 1.04 bits per heavy atom. The number of fused-ring (bicyclic) bond motifs is 1. The maximum atomic E-state index is 13.7. The first-order chi connectivity index (χ1) is 13.7. The van der Waals surface area contributed by atoms with Gasteiger partial charge in [0.15, 0.2) is 11.5 Å². The summed E-state index contributed by atoms with van der Waals surface area (Å²) < 4.78 is 24.2. The average Bonchev–Trinajstić information content (AvgIpc) is 3.17. The lowest BCUT2D eigenvalue weighted by Crippen LogP contribution is -2.13. The molecule has 1 aromatic heterocycles. The highest BCUT2D eigenvalue weighted by Crippen LogP contribution is 2.34. The molecule has 0 spiro atoms. The number of amides is 1. The van der Waals surface area contributed by atoms with Crippen LogP contribution in [0.15, 0.2) is 60.9 Å². The summed E-state index contributed by atoms with van der Waals surface area (Å²) in [6, 6.07) is 13.6. The number of carbonyl (C=O) groups excluding carboxylic acids is 1. The van der Waals surface area contributed by atoms with Crippen LogP contribution in [0.3, 0.4) is 0 Å². The predicted octanol–water partition coefficient (Wildman–Crippen LogP) is 3.86. The molecule has 0 unspecified atom stereocenters. The van der Waals surface area contributed by atoms with Gasteiger partial charge in [-0.25, -0.2) is 4.39 Å². The quantitative estimate of drug-likeness (QED) is 0.681. The number of aromatic nitrogens is 1. The standard InChI is InChI=1S/C21H18FN3O3/c22-18-4-2-1-3-14(18)7-8-24-17-9-15(11-23-12-17)21(26)25-16-5-6-19-20(10-16)28-13-27-19/h1-6,9-12,24H,7-8,13H2,(H,25,26). The van der Waals surface area contributed by atoms with Crippen LogP contribution in [-0.4, -0.2) is 24.2 Å². The van der Waals surface area contributed by atoms with Gasteiger partial charge in [-0.2, -0.15) is 0 Å². The van der Waals surface area contributed by atoms with Gasteiger partial charge in [-0.05, 0) is 36.2 Å². The van der Waals surface area contributed by atoms with Crippen LogP contribution in [0.2, 0.25) is 0 Å². The lowest BCUT2D eigenvalue weighted by molar-refractivity contribution is 0.102. The Balaban J connectivity index is 1.37. The van der Waals surface area contributed by atoms with Crippen LogP contribution in [0.5, 0.6) is 11.5 Å². The summed E-state index contributed by atoms with van der Waals surface area (Å²) in [5, 5.41) is 5.98. The molecular formula is C21H18FN3O3. The Hall–Kier alpha value is -3.61. The molecule has 0 aliphatic carbocycles. The van der Waals surface area contributed by atoms with E-state index >= 15 is 0 Å². The van der Waals surface area contributed by atoms with Crippen molar-refractivity contribution in [1.29, 1.82) is 0 Å². The first kappa shape index (κ1) is 17.8. The fraction of sp³-hybridized carbons (Fsp3) is 0.143. The molecule has 1 aliphatic rings. The third-order valence-electron chi connectivity index (χ3n) is 4.31. The fourth-order valence-electron chi connectivity index (χ4n) is 2.88. The molecule has 0 fully saturated rings. The summed E-state index contributed by atoms with van der Waals surface area (Å²) in [7, 11) is 0. The van der Waals surface area contributed by atoms with Crippen molar-refractivity contribution in [2.45, 2.75) is 6.42 Å². The third-order valence-corrected chi connectivity index (χ3v) is 4.31. The van der Waals surface area contributed by atoms with Gasteiger partial charge in [0, 0.05) is 30.7 Å². The minimum Gasteiger partial charge on any atom is -0.454 e. The molecule has 3 aromatic rings. The van der Waals surface area contributed by atoms with E-state index in [2.05, 4.69) is 15.6 Å². The van der Waals surface area contributed by atoms with Crippen LogP contribution in [0.1, 0.15) is 15.9 Å². The zero-order chi connectivity index (χ0) is 19.3. The van der Waals surface area contributed by atoms with E-state index in [1.165, 1.54) is 12.3 Å². The topological polar surface area (TPSA) is 72.5 Å². The van der Waals surface area contributed by atoms with E-state index in [1.807, 2.05) is 0 Å². The monoisotopic (exact) mass is 379 g/mol. The van der Waals surface area contributed by atoms with Crippen LogP contribution < -0.4 is 20.1 Å². The third kappa shape index (κ3) is 4.03. The Labute approximate surface area is 161 Å². The molecule has 2 N–H and O–H groups in total. The normalized spacial score (nSPS) is 11.9. The van der Waals surface area contributed by atoms with Crippen LogP contribution in [-0.2, 0) is 6.42 Å². The van der Waals surface area contributed by atoms with Crippen LogP contribution in [0.4, 0.5) is 15.8 Å². The minimum atomic E-state index is -0.288. The molecule has 0 radical (unpaired) electrons. The second kappa shape index (κ2) is 7.96. The van der Waals surface area contributed by atoms with Crippen molar-refractivity contribution < 1.29 is 18.7 Å². The van der Waals surface area contributed by atoms with Crippen LogP contribution in [0.25, 0.3) is 0 Å². The maximum absolute atomic E-state index is 13.7. The van der Waals surface area contributed by atoms with Gasteiger partial charge in [-0.1, -0.05) is 18.2 Å². The number of hydrogen-bond acceptors (Lipinski definition) is 5. The summed E-state index contributed by atoms with van der Waals surface area (Å²) in [6.45, 7) is 0.701. The van der Waals surface area contributed by atoms with Crippen molar-refractivity contribution in [2.75, 3.05) is 24.0 Å². The van der Waals surface area contributed by atoms with Crippen LogP contribution >= 0.6 is 0 Å². The lowest BCUT2D eigenvalue weighted by Gasteiger charge is -2.09. The van der Waals surface area contributed by atoms with Gasteiger partial charge in [-0.15, -0.1) is 0 Å². The van der Waals surface area contributed by atoms with Gasteiger partial charge < -0.3 is 20.1 Å². The molecule has 2 heterocycles. The van der Waals surface area contributed by atoms with Crippen molar-refractivity contribution in [2.24, 2.45) is 0 Å². The second-order valence-electron chi connectivity index (χ2n) is 6.25. The summed E-state index contributed by atoms with van der Waals surface area (Å²) in [5.74, 6) is 0.739. The van der Waals surface area contributed by atoms with Gasteiger partial charge in [0.1, 0.15) is 5.82 Å². The molecule has 0 bridgehead atoms. The summed E-state index contributed by atoms with van der Waals surface area (Å²) in [4.78, 5) is 16.6. The van der Waals surface area contributed by atoms with E-state index in [-0.39, 0.29) is 18.5 Å². The summed E-state index contributed by atoms with van der Waals surface area (Å²) >= 11 is 0. The summed E-state index contributed by atoms with van der Waals surface area (Å²) in [5.41, 5.74) is 2.34. The minimum absolute atomic E-state index is 0.178. The number of hydrogen-bond donors (Lipinski definition) is 2.